The van der Waals surface area contributed by atoms with Crippen molar-refractivity contribution in [2.24, 2.45) is 0 Å². The third kappa shape index (κ3) is 3.80. The second-order valence-corrected chi connectivity index (χ2v) is 6.63. The van der Waals surface area contributed by atoms with Crippen LogP contribution in [0.15, 0.2) is 22.7 Å². The van der Waals surface area contributed by atoms with Gasteiger partial charge >= 0.3 is 0 Å². The fourth-order valence-electron chi connectivity index (χ4n) is 2.98. The Morgan fingerprint density at radius 3 is 2.80 bits per heavy atom. The van der Waals surface area contributed by atoms with Gasteiger partial charge in [-0.1, -0.05) is 29.8 Å². The Morgan fingerprint density at radius 2 is 2.10 bits per heavy atom. The molecule has 1 aliphatic heterocycles. The van der Waals surface area contributed by atoms with E-state index in [1.165, 1.54) is 0 Å². The van der Waals surface area contributed by atoms with Crippen molar-refractivity contribution in [1.82, 2.24) is 10.2 Å². The molecule has 0 unspecified atom stereocenters. The van der Waals surface area contributed by atoms with Crippen molar-refractivity contribution in [2.75, 3.05) is 19.6 Å². The van der Waals surface area contributed by atoms with Gasteiger partial charge in [0.1, 0.15) is 5.82 Å². The van der Waals surface area contributed by atoms with Crippen molar-refractivity contribution in [2.45, 2.75) is 45.2 Å². The van der Waals surface area contributed by atoms with E-state index in [0.717, 1.165) is 48.9 Å². The summed E-state index contributed by atoms with van der Waals surface area (Å²) in [4.78, 5) is 2.39. The third-order valence-corrected chi connectivity index (χ3v) is 4.93. The van der Waals surface area contributed by atoms with E-state index in [1.807, 2.05) is 6.07 Å². The lowest BCUT2D eigenvalue weighted by molar-refractivity contribution is 0.189. The molecule has 0 aromatic heterocycles. The monoisotopic (exact) mass is 342 g/mol. The van der Waals surface area contributed by atoms with Crippen molar-refractivity contribution in [1.29, 1.82) is 0 Å². The molecule has 1 aromatic carbocycles. The number of nitrogens with one attached hydrogen (secondary N) is 1. The standard InChI is InChI=1S/C16H24BrFN2/c1-3-16(4-2)12-20(9-5-8-19-16)11-13-10-14(17)6-7-15(13)18/h6-7,10,19H,3-5,8-9,11-12H2,1-2H3. The molecule has 4 heteroatoms. The largest absolute Gasteiger partial charge is 0.310 e. The minimum atomic E-state index is -0.107. The minimum Gasteiger partial charge on any atom is -0.310 e. The van der Waals surface area contributed by atoms with Gasteiger partial charge in [-0.25, -0.2) is 4.39 Å². The van der Waals surface area contributed by atoms with Crippen LogP contribution in [0.25, 0.3) is 0 Å². The predicted molar refractivity (Wildman–Crippen MR) is 85.3 cm³/mol. The molecule has 1 aromatic rings. The molecule has 1 N–H and O–H groups in total. The Balaban J connectivity index is 2.13. The van der Waals surface area contributed by atoms with E-state index < -0.39 is 0 Å². The summed E-state index contributed by atoms with van der Waals surface area (Å²) in [5, 5.41) is 3.69. The quantitative estimate of drug-likeness (QED) is 0.891. The van der Waals surface area contributed by atoms with Crippen LogP contribution >= 0.6 is 15.9 Å². The van der Waals surface area contributed by atoms with Crippen LogP contribution < -0.4 is 5.32 Å². The molecular weight excluding hydrogens is 319 g/mol. The van der Waals surface area contributed by atoms with Crippen LogP contribution in [0.3, 0.4) is 0 Å². The zero-order valence-corrected chi connectivity index (χ0v) is 14.0. The van der Waals surface area contributed by atoms with E-state index in [0.29, 0.717) is 6.54 Å². The number of nitrogens with zero attached hydrogens (tertiary/aromatic N) is 1. The highest BCUT2D eigenvalue weighted by Gasteiger charge is 2.30. The molecule has 1 aliphatic rings. The molecule has 2 rings (SSSR count). The van der Waals surface area contributed by atoms with Crippen LogP contribution in [0.5, 0.6) is 0 Å². The van der Waals surface area contributed by atoms with Gasteiger partial charge in [-0.3, -0.25) is 4.90 Å². The number of benzene rings is 1. The Hall–Kier alpha value is -0.450. The summed E-state index contributed by atoms with van der Waals surface area (Å²) in [6, 6.07) is 5.20. The molecular formula is C16H24BrFN2. The summed E-state index contributed by atoms with van der Waals surface area (Å²) in [6.07, 6.45) is 3.35. The van der Waals surface area contributed by atoms with Gasteiger partial charge < -0.3 is 5.32 Å². The molecule has 0 bridgehead atoms. The zero-order chi connectivity index (χ0) is 14.6. The van der Waals surface area contributed by atoms with E-state index in [9.17, 15) is 4.39 Å². The molecule has 20 heavy (non-hydrogen) atoms. The molecule has 0 spiro atoms. The first kappa shape index (κ1) is 15.9. The van der Waals surface area contributed by atoms with Gasteiger partial charge in [-0.05, 0) is 50.6 Å². The smallest absolute Gasteiger partial charge is 0.127 e. The maximum atomic E-state index is 13.9. The van der Waals surface area contributed by atoms with E-state index in [2.05, 4.69) is 40.0 Å². The average Bonchev–Trinajstić information content (AvgIpc) is 2.66. The summed E-state index contributed by atoms with van der Waals surface area (Å²) in [6.45, 7) is 8.24. The highest BCUT2D eigenvalue weighted by molar-refractivity contribution is 9.10. The Morgan fingerprint density at radius 1 is 1.35 bits per heavy atom. The lowest BCUT2D eigenvalue weighted by atomic mass is 9.92. The average molecular weight is 343 g/mol. The number of rotatable bonds is 4. The molecule has 0 amide bonds. The van der Waals surface area contributed by atoms with Gasteiger partial charge in [0.2, 0.25) is 0 Å². The topological polar surface area (TPSA) is 15.3 Å². The first-order valence-corrected chi connectivity index (χ1v) is 8.29. The highest BCUT2D eigenvalue weighted by atomic mass is 79.9. The first-order chi connectivity index (χ1) is 9.58. The van der Waals surface area contributed by atoms with Crippen LogP contribution in [0.2, 0.25) is 0 Å². The first-order valence-electron chi connectivity index (χ1n) is 7.50. The lowest BCUT2D eigenvalue weighted by Crippen LogP contribution is -2.50. The van der Waals surface area contributed by atoms with Crippen molar-refractivity contribution in [3.05, 3.63) is 34.1 Å². The van der Waals surface area contributed by atoms with E-state index in [1.54, 1.807) is 12.1 Å². The van der Waals surface area contributed by atoms with Gasteiger partial charge in [0, 0.05) is 28.7 Å². The second-order valence-electron chi connectivity index (χ2n) is 5.71. The summed E-state index contributed by atoms with van der Waals surface area (Å²) in [5.74, 6) is -0.107. The fraction of sp³-hybridized carbons (Fsp3) is 0.625. The number of hydrogen-bond acceptors (Lipinski definition) is 2. The van der Waals surface area contributed by atoms with Crippen molar-refractivity contribution in [3.63, 3.8) is 0 Å². The number of halogens is 2. The van der Waals surface area contributed by atoms with E-state index >= 15 is 0 Å². The maximum absolute atomic E-state index is 13.9. The lowest BCUT2D eigenvalue weighted by Gasteiger charge is -2.35. The Kier molecular flexibility index (Phi) is 5.58. The molecule has 1 saturated heterocycles. The Labute approximate surface area is 129 Å². The summed E-state index contributed by atoms with van der Waals surface area (Å²) in [7, 11) is 0. The minimum absolute atomic E-state index is 0.107. The fourth-order valence-corrected chi connectivity index (χ4v) is 3.39. The zero-order valence-electron chi connectivity index (χ0n) is 12.4. The van der Waals surface area contributed by atoms with Gasteiger partial charge in [0.25, 0.3) is 0 Å². The van der Waals surface area contributed by atoms with Crippen LogP contribution in [-0.2, 0) is 6.54 Å². The SMILES string of the molecule is CCC1(CC)CN(Cc2cc(Br)ccc2F)CCCN1. The third-order valence-electron chi connectivity index (χ3n) is 4.43. The van der Waals surface area contributed by atoms with Crippen LogP contribution in [-0.4, -0.2) is 30.1 Å². The van der Waals surface area contributed by atoms with Gasteiger partial charge in [-0.15, -0.1) is 0 Å². The predicted octanol–water partition coefficient (Wildman–Crippen LogP) is 3.94. The van der Waals surface area contributed by atoms with E-state index in [4.69, 9.17) is 0 Å². The molecule has 2 nitrogen and oxygen atoms in total. The second kappa shape index (κ2) is 7.01. The Bertz CT molecular complexity index is 446. The van der Waals surface area contributed by atoms with Crippen LogP contribution in [0.1, 0.15) is 38.7 Å². The molecule has 1 fully saturated rings. The van der Waals surface area contributed by atoms with Gasteiger partial charge in [0.15, 0.2) is 0 Å². The van der Waals surface area contributed by atoms with E-state index in [-0.39, 0.29) is 11.4 Å². The van der Waals surface area contributed by atoms with Crippen LogP contribution in [0, 0.1) is 5.82 Å². The van der Waals surface area contributed by atoms with Crippen LogP contribution in [0.4, 0.5) is 4.39 Å². The maximum Gasteiger partial charge on any atom is 0.127 e. The van der Waals surface area contributed by atoms with Gasteiger partial charge in [0.05, 0.1) is 0 Å². The highest BCUT2D eigenvalue weighted by Crippen LogP contribution is 2.23. The van der Waals surface area contributed by atoms with Crippen molar-refractivity contribution >= 4 is 15.9 Å². The number of hydrogen-bond donors (Lipinski definition) is 1. The molecule has 0 aliphatic carbocycles. The van der Waals surface area contributed by atoms with Gasteiger partial charge in [-0.2, -0.15) is 0 Å². The summed E-state index contributed by atoms with van der Waals surface area (Å²) < 4.78 is 14.9. The van der Waals surface area contributed by atoms with Crippen molar-refractivity contribution in [3.8, 4) is 0 Å². The summed E-state index contributed by atoms with van der Waals surface area (Å²) >= 11 is 3.43. The summed E-state index contributed by atoms with van der Waals surface area (Å²) in [5.41, 5.74) is 0.960. The van der Waals surface area contributed by atoms with Crippen molar-refractivity contribution < 1.29 is 4.39 Å². The molecule has 0 atom stereocenters. The molecule has 0 saturated carbocycles. The molecule has 112 valence electrons. The normalized spacial score (nSPS) is 19.8. The molecule has 1 heterocycles. The molecule has 0 radical (unpaired) electrons.